The first kappa shape index (κ1) is 15.4. The maximum absolute atomic E-state index is 11.9. The summed E-state index contributed by atoms with van der Waals surface area (Å²) in [5.74, 6) is -0.631. The van der Waals surface area contributed by atoms with Crippen molar-refractivity contribution in [2.45, 2.75) is 32.7 Å². The van der Waals surface area contributed by atoms with Crippen molar-refractivity contribution in [3.05, 3.63) is 0 Å². The summed E-state index contributed by atoms with van der Waals surface area (Å²) in [5.41, 5.74) is 0. The molecule has 106 valence electrons. The molecular weight excluding hydrogens is 254 g/mol. The Hall–Kier alpha value is -0.660. The van der Waals surface area contributed by atoms with Crippen LogP contribution in [0.25, 0.3) is 0 Å². The van der Waals surface area contributed by atoms with E-state index in [1.165, 1.54) is 7.05 Å². The zero-order valence-electron chi connectivity index (χ0n) is 11.5. The molecule has 0 aliphatic carbocycles. The Morgan fingerprint density at radius 1 is 1.44 bits per heavy atom. The molecule has 0 radical (unpaired) electrons. The highest BCUT2D eigenvalue weighted by molar-refractivity contribution is 7.87. The van der Waals surface area contributed by atoms with Crippen LogP contribution in [0.4, 0.5) is 0 Å². The monoisotopic (exact) mass is 277 g/mol. The first-order valence-electron chi connectivity index (χ1n) is 6.22. The predicted molar refractivity (Wildman–Crippen MR) is 70.2 cm³/mol. The van der Waals surface area contributed by atoms with Gasteiger partial charge in [-0.05, 0) is 40.3 Å². The molecule has 1 fully saturated rings. The molecule has 0 aromatic carbocycles. The lowest BCUT2D eigenvalue weighted by Gasteiger charge is -2.29. The molecule has 0 bridgehead atoms. The van der Waals surface area contributed by atoms with Crippen LogP contribution in [0.15, 0.2) is 0 Å². The summed E-state index contributed by atoms with van der Waals surface area (Å²) in [6.07, 6.45) is 1.67. The maximum Gasteiger partial charge on any atom is 0.303 e. The van der Waals surface area contributed by atoms with E-state index in [1.807, 2.05) is 11.9 Å². The van der Waals surface area contributed by atoms with Gasteiger partial charge in [-0.15, -0.1) is 0 Å². The summed E-state index contributed by atoms with van der Waals surface area (Å²) in [7, 11) is -0.306. The summed E-state index contributed by atoms with van der Waals surface area (Å²) < 4.78 is 27.1. The molecule has 1 saturated heterocycles. The van der Waals surface area contributed by atoms with Gasteiger partial charge in [0.25, 0.3) is 0 Å². The standard InChI is InChI=1S/C11H23N3O3S/c1-9(2)14(4)18(16,17)12-11(15)10-6-5-7-13(3)8-10/h9-10H,5-8H2,1-4H3,(H,12,15). The Labute approximate surface area is 110 Å². The van der Waals surface area contributed by atoms with Crippen molar-refractivity contribution in [2.24, 2.45) is 5.92 Å². The third kappa shape index (κ3) is 3.93. The lowest BCUT2D eigenvalue weighted by Crippen LogP contribution is -2.48. The quantitative estimate of drug-likeness (QED) is 0.787. The zero-order chi connectivity index (χ0) is 13.9. The molecule has 6 nitrogen and oxygen atoms in total. The number of rotatable bonds is 4. The van der Waals surface area contributed by atoms with Crippen molar-refractivity contribution in [1.29, 1.82) is 0 Å². The van der Waals surface area contributed by atoms with Gasteiger partial charge in [0.1, 0.15) is 0 Å². The summed E-state index contributed by atoms with van der Waals surface area (Å²) in [4.78, 5) is 14.0. The van der Waals surface area contributed by atoms with Crippen LogP contribution in [0.1, 0.15) is 26.7 Å². The van der Waals surface area contributed by atoms with Gasteiger partial charge in [-0.2, -0.15) is 12.7 Å². The van der Waals surface area contributed by atoms with E-state index in [2.05, 4.69) is 4.72 Å². The molecule has 1 aliphatic rings. The largest absolute Gasteiger partial charge is 0.306 e. The second-order valence-electron chi connectivity index (χ2n) is 5.18. The predicted octanol–water partition coefficient (Wildman–Crippen LogP) is 0.0294. The van der Waals surface area contributed by atoms with Gasteiger partial charge in [-0.1, -0.05) is 0 Å². The molecule has 1 aliphatic heterocycles. The average Bonchev–Trinajstić information content (AvgIpc) is 2.27. The molecule has 1 amide bonds. The molecule has 18 heavy (non-hydrogen) atoms. The Bertz CT molecular complexity index is 394. The third-order valence-electron chi connectivity index (χ3n) is 3.33. The Balaban J connectivity index is 2.64. The summed E-state index contributed by atoms with van der Waals surface area (Å²) in [5, 5.41) is 0. The highest BCUT2D eigenvalue weighted by Crippen LogP contribution is 2.15. The van der Waals surface area contributed by atoms with E-state index in [0.717, 1.165) is 23.7 Å². The Kier molecular flexibility index (Phi) is 5.12. The number of likely N-dealkylation sites (tertiary alicyclic amines) is 1. The van der Waals surface area contributed by atoms with Crippen LogP contribution < -0.4 is 4.72 Å². The smallest absolute Gasteiger partial charge is 0.303 e. The molecule has 0 spiro atoms. The third-order valence-corrected chi connectivity index (χ3v) is 4.97. The molecule has 1 heterocycles. The van der Waals surface area contributed by atoms with Crippen molar-refractivity contribution in [3.8, 4) is 0 Å². The number of hydrogen-bond acceptors (Lipinski definition) is 4. The van der Waals surface area contributed by atoms with Gasteiger partial charge in [0.05, 0.1) is 5.92 Å². The molecule has 7 heteroatoms. The number of amides is 1. The van der Waals surface area contributed by atoms with E-state index in [4.69, 9.17) is 0 Å². The van der Waals surface area contributed by atoms with Crippen LogP contribution in [0, 0.1) is 5.92 Å². The fourth-order valence-corrected chi connectivity index (χ4v) is 3.06. The van der Waals surface area contributed by atoms with Gasteiger partial charge < -0.3 is 4.90 Å². The fourth-order valence-electron chi connectivity index (χ4n) is 1.94. The van der Waals surface area contributed by atoms with E-state index >= 15 is 0 Å². The van der Waals surface area contributed by atoms with Crippen LogP contribution in [0.2, 0.25) is 0 Å². The first-order chi connectivity index (χ1) is 8.24. The number of nitrogens with one attached hydrogen (secondary N) is 1. The van der Waals surface area contributed by atoms with Gasteiger partial charge in [0.2, 0.25) is 5.91 Å². The molecule has 1 rings (SSSR count). The van der Waals surface area contributed by atoms with Gasteiger partial charge in [0, 0.05) is 19.6 Å². The van der Waals surface area contributed by atoms with Crippen LogP contribution in [-0.2, 0) is 15.0 Å². The molecule has 0 aromatic rings. The minimum atomic E-state index is -3.71. The normalized spacial score (nSPS) is 22.4. The van der Waals surface area contributed by atoms with Crippen molar-refractivity contribution in [2.75, 3.05) is 27.2 Å². The van der Waals surface area contributed by atoms with Gasteiger partial charge in [-0.3, -0.25) is 4.79 Å². The SMILES string of the molecule is CC(C)N(C)S(=O)(=O)NC(=O)C1CCCN(C)C1. The van der Waals surface area contributed by atoms with Crippen molar-refractivity contribution < 1.29 is 13.2 Å². The second kappa shape index (κ2) is 5.99. The number of piperidine rings is 1. The Morgan fingerprint density at radius 3 is 2.56 bits per heavy atom. The van der Waals surface area contributed by atoms with Crippen molar-refractivity contribution in [1.82, 2.24) is 13.9 Å². The number of hydrogen-bond donors (Lipinski definition) is 1. The van der Waals surface area contributed by atoms with E-state index in [-0.39, 0.29) is 12.0 Å². The zero-order valence-corrected chi connectivity index (χ0v) is 12.3. The maximum atomic E-state index is 11.9. The number of carbonyl (C=O) groups excluding carboxylic acids is 1. The topological polar surface area (TPSA) is 69.7 Å². The fraction of sp³-hybridized carbons (Fsp3) is 0.909. The van der Waals surface area contributed by atoms with Crippen molar-refractivity contribution >= 4 is 16.1 Å². The summed E-state index contributed by atoms with van der Waals surface area (Å²) in [6.45, 7) is 5.10. The first-order valence-corrected chi connectivity index (χ1v) is 7.66. The van der Waals surface area contributed by atoms with Crippen LogP contribution in [0.3, 0.4) is 0 Å². The lowest BCUT2D eigenvalue weighted by atomic mass is 9.98. The van der Waals surface area contributed by atoms with Crippen molar-refractivity contribution in [3.63, 3.8) is 0 Å². The lowest BCUT2D eigenvalue weighted by molar-refractivity contribution is -0.124. The summed E-state index contributed by atoms with van der Waals surface area (Å²) >= 11 is 0. The Morgan fingerprint density at radius 2 is 2.06 bits per heavy atom. The number of nitrogens with zero attached hydrogens (tertiary/aromatic N) is 2. The highest BCUT2D eigenvalue weighted by Gasteiger charge is 2.29. The van der Waals surface area contributed by atoms with E-state index in [0.29, 0.717) is 6.54 Å². The van der Waals surface area contributed by atoms with Crippen LogP contribution in [-0.4, -0.2) is 56.8 Å². The van der Waals surface area contributed by atoms with E-state index < -0.39 is 16.1 Å². The average molecular weight is 277 g/mol. The van der Waals surface area contributed by atoms with Crippen LogP contribution >= 0.6 is 0 Å². The molecule has 1 unspecified atom stereocenters. The molecule has 0 aromatic heterocycles. The van der Waals surface area contributed by atoms with E-state index in [9.17, 15) is 13.2 Å². The molecule has 0 saturated carbocycles. The molecular formula is C11H23N3O3S. The molecule has 1 atom stereocenters. The van der Waals surface area contributed by atoms with Crippen LogP contribution in [0.5, 0.6) is 0 Å². The van der Waals surface area contributed by atoms with Gasteiger partial charge in [0.15, 0.2) is 0 Å². The number of carbonyl (C=O) groups is 1. The van der Waals surface area contributed by atoms with Gasteiger partial charge >= 0.3 is 10.2 Å². The van der Waals surface area contributed by atoms with E-state index in [1.54, 1.807) is 13.8 Å². The minimum absolute atomic E-state index is 0.177. The molecule has 1 N–H and O–H groups in total. The second-order valence-corrected chi connectivity index (χ2v) is 6.91. The summed E-state index contributed by atoms with van der Waals surface area (Å²) in [6, 6.07) is -0.177. The minimum Gasteiger partial charge on any atom is -0.306 e. The highest BCUT2D eigenvalue weighted by atomic mass is 32.2. The van der Waals surface area contributed by atoms with Gasteiger partial charge in [-0.25, -0.2) is 4.72 Å².